The second kappa shape index (κ2) is 10.2. The fourth-order valence-corrected chi connectivity index (χ4v) is 2.44. The highest BCUT2D eigenvalue weighted by atomic mass is 16.5. The van der Waals surface area contributed by atoms with Crippen molar-refractivity contribution < 1.29 is 9.53 Å². The molecule has 0 saturated heterocycles. The number of ether oxygens (including phenoxy) is 1. The molecule has 0 aliphatic heterocycles. The predicted molar refractivity (Wildman–Crippen MR) is 108 cm³/mol. The van der Waals surface area contributed by atoms with Gasteiger partial charge in [0.25, 0.3) is 5.91 Å². The Balaban J connectivity index is 2.02. The van der Waals surface area contributed by atoms with Crippen LogP contribution in [-0.4, -0.2) is 19.1 Å². The molecule has 2 N–H and O–H groups in total. The molecule has 7 heteroatoms. The molecule has 0 atom stereocenters. The highest BCUT2D eigenvalue weighted by Gasteiger charge is 2.13. The van der Waals surface area contributed by atoms with Crippen LogP contribution in [0, 0.1) is 47.8 Å². The molecule has 0 bridgehead atoms. The lowest BCUT2D eigenvalue weighted by Crippen LogP contribution is -2.28. The summed E-state index contributed by atoms with van der Waals surface area (Å²) in [6.07, 6.45) is 0. The van der Waals surface area contributed by atoms with Gasteiger partial charge >= 0.3 is 0 Å². The van der Waals surface area contributed by atoms with Crippen molar-refractivity contribution in [2.45, 2.75) is 13.8 Å². The lowest BCUT2D eigenvalue weighted by Gasteiger charge is -2.12. The maximum atomic E-state index is 12.5. The zero-order chi connectivity index (χ0) is 21.2. The van der Waals surface area contributed by atoms with Crippen molar-refractivity contribution >= 4 is 11.6 Å². The molecular formula is C22H19N5O2. The summed E-state index contributed by atoms with van der Waals surface area (Å²) < 4.78 is 5.65. The van der Waals surface area contributed by atoms with Gasteiger partial charge in [0.1, 0.15) is 36.3 Å². The van der Waals surface area contributed by atoms with E-state index < -0.39 is 0 Å². The molecule has 0 fully saturated rings. The summed E-state index contributed by atoms with van der Waals surface area (Å²) in [5.74, 6) is 0.360. The van der Waals surface area contributed by atoms with Crippen LogP contribution in [-0.2, 0) is 0 Å². The number of nitriles is 3. The van der Waals surface area contributed by atoms with E-state index in [-0.39, 0.29) is 29.3 Å². The fraction of sp³-hybridized carbons (Fsp3) is 0.182. The van der Waals surface area contributed by atoms with Crippen molar-refractivity contribution in [3.8, 4) is 24.0 Å². The Morgan fingerprint density at radius 3 is 2.38 bits per heavy atom. The largest absolute Gasteiger partial charge is 0.492 e. The van der Waals surface area contributed by atoms with E-state index in [9.17, 15) is 10.1 Å². The first-order chi connectivity index (χ1) is 14.0. The number of benzene rings is 2. The lowest BCUT2D eigenvalue weighted by atomic mass is 10.1. The maximum Gasteiger partial charge on any atom is 0.253 e. The molecule has 29 heavy (non-hydrogen) atoms. The van der Waals surface area contributed by atoms with Gasteiger partial charge in [-0.05, 0) is 49.2 Å². The first-order valence-corrected chi connectivity index (χ1v) is 8.79. The van der Waals surface area contributed by atoms with Gasteiger partial charge in [-0.2, -0.15) is 15.8 Å². The molecule has 2 aromatic rings. The average molecular weight is 385 g/mol. The van der Waals surface area contributed by atoms with Crippen molar-refractivity contribution in [2.24, 2.45) is 0 Å². The molecule has 1 amide bonds. The summed E-state index contributed by atoms with van der Waals surface area (Å²) in [4.78, 5) is 12.5. The topological polar surface area (TPSA) is 122 Å². The van der Waals surface area contributed by atoms with Crippen LogP contribution in [0.25, 0.3) is 0 Å². The molecule has 144 valence electrons. The van der Waals surface area contributed by atoms with Crippen LogP contribution >= 0.6 is 0 Å². The second-order valence-corrected chi connectivity index (χ2v) is 6.11. The number of anilines is 1. The van der Waals surface area contributed by atoms with Gasteiger partial charge in [-0.15, -0.1) is 0 Å². The van der Waals surface area contributed by atoms with Gasteiger partial charge in [0.05, 0.1) is 17.8 Å². The van der Waals surface area contributed by atoms with E-state index in [1.165, 1.54) is 5.56 Å². The predicted octanol–water partition coefficient (Wildman–Crippen LogP) is 3.35. The summed E-state index contributed by atoms with van der Waals surface area (Å²) in [6.45, 7) is 4.60. The van der Waals surface area contributed by atoms with E-state index in [4.69, 9.17) is 15.3 Å². The number of rotatable bonds is 7. The van der Waals surface area contributed by atoms with Crippen molar-refractivity contribution in [1.82, 2.24) is 5.32 Å². The number of carbonyl (C=O) groups is 1. The van der Waals surface area contributed by atoms with Crippen LogP contribution in [0.4, 0.5) is 5.69 Å². The third-order valence-corrected chi connectivity index (χ3v) is 4.15. The zero-order valence-electron chi connectivity index (χ0n) is 16.1. The van der Waals surface area contributed by atoms with Gasteiger partial charge < -0.3 is 15.4 Å². The first kappa shape index (κ1) is 21.0. The van der Waals surface area contributed by atoms with Crippen LogP contribution in [0.15, 0.2) is 53.7 Å². The van der Waals surface area contributed by atoms with E-state index in [2.05, 4.69) is 10.6 Å². The van der Waals surface area contributed by atoms with Gasteiger partial charge in [0.2, 0.25) is 0 Å². The Labute approximate surface area is 169 Å². The molecule has 2 aromatic carbocycles. The molecule has 0 unspecified atom stereocenters. The number of nitrogens with zero attached hydrogens (tertiary/aromatic N) is 3. The average Bonchev–Trinajstić information content (AvgIpc) is 2.73. The van der Waals surface area contributed by atoms with Crippen molar-refractivity contribution in [3.05, 3.63) is 70.4 Å². The summed E-state index contributed by atoms with van der Waals surface area (Å²) in [6, 6.07) is 17.4. The summed E-state index contributed by atoms with van der Waals surface area (Å²) >= 11 is 0. The van der Waals surface area contributed by atoms with Gasteiger partial charge in [0.15, 0.2) is 5.57 Å². The monoisotopic (exact) mass is 385 g/mol. The van der Waals surface area contributed by atoms with E-state index in [1.807, 2.05) is 32.0 Å². The second-order valence-electron chi connectivity index (χ2n) is 6.11. The van der Waals surface area contributed by atoms with E-state index in [1.54, 1.807) is 42.5 Å². The van der Waals surface area contributed by atoms with Crippen LogP contribution in [0.3, 0.4) is 0 Å². The minimum atomic E-state index is -0.371. The Morgan fingerprint density at radius 1 is 1.00 bits per heavy atom. The van der Waals surface area contributed by atoms with Gasteiger partial charge in [0, 0.05) is 0 Å². The molecule has 0 spiro atoms. The molecule has 0 aromatic heterocycles. The van der Waals surface area contributed by atoms with Crippen LogP contribution < -0.4 is 15.4 Å². The third-order valence-electron chi connectivity index (χ3n) is 4.15. The van der Waals surface area contributed by atoms with Crippen LogP contribution in [0.2, 0.25) is 0 Å². The van der Waals surface area contributed by atoms with E-state index in [0.717, 1.165) is 11.3 Å². The third kappa shape index (κ3) is 5.60. The van der Waals surface area contributed by atoms with Crippen LogP contribution in [0.5, 0.6) is 5.75 Å². The molecule has 0 saturated carbocycles. The van der Waals surface area contributed by atoms with Gasteiger partial charge in [-0.3, -0.25) is 4.79 Å². The quantitative estimate of drug-likeness (QED) is 0.557. The molecule has 0 aliphatic carbocycles. The summed E-state index contributed by atoms with van der Waals surface area (Å²) in [5, 5.41) is 32.5. The first-order valence-electron chi connectivity index (χ1n) is 8.79. The molecular weight excluding hydrogens is 366 g/mol. The zero-order valence-corrected chi connectivity index (χ0v) is 16.1. The number of nitrogens with one attached hydrogen (secondary N) is 2. The minimum Gasteiger partial charge on any atom is -0.492 e. The number of hydrogen-bond acceptors (Lipinski definition) is 6. The normalized spacial score (nSPS) is 9.34. The lowest BCUT2D eigenvalue weighted by molar-refractivity contribution is 0.0948. The number of carbonyl (C=O) groups excluding carboxylic acids is 1. The van der Waals surface area contributed by atoms with Gasteiger partial charge in [-0.25, -0.2) is 0 Å². The number of aryl methyl sites for hydroxylation is 2. The minimum absolute atomic E-state index is 0.215. The highest BCUT2D eigenvalue weighted by Crippen LogP contribution is 2.19. The van der Waals surface area contributed by atoms with Crippen LogP contribution in [0.1, 0.15) is 21.5 Å². The van der Waals surface area contributed by atoms with E-state index >= 15 is 0 Å². The Kier molecular flexibility index (Phi) is 7.36. The Hall–Kier alpha value is -4.28. The molecule has 7 nitrogen and oxygen atoms in total. The number of allylic oxidation sites excluding steroid dienone is 2. The SMILES string of the molecule is Cc1ccc(OCCNC(=O)c2ccccc2NC(C#N)=C(C#N)C#N)cc1C. The Bertz CT molecular complexity index is 1050. The molecule has 0 heterocycles. The molecule has 2 rings (SSSR count). The van der Waals surface area contributed by atoms with E-state index in [0.29, 0.717) is 12.3 Å². The number of para-hydroxylation sites is 1. The molecule has 0 aliphatic rings. The summed E-state index contributed by atoms with van der Waals surface area (Å²) in [7, 11) is 0. The van der Waals surface area contributed by atoms with Crippen molar-refractivity contribution in [1.29, 1.82) is 15.8 Å². The Morgan fingerprint density at radius 2 is 1.72 bits per heavy atom. The maximum absolute atomic E-state index is 12.5. The number of hydrogen-bond donors (Lipinski definition) is 2. The fourth-order valence-electron chi connectivity index (χ4n) is 2.44. The van der Waals surface area contributed by atoms with Crippen molar-refractivity contribution in [3.63, 3.8) is 0 Å². The van der Waals surface area contributed by atoms with Crippen molar-refractivity contribution in [2.75, 3.05) is 18.5 Å². The number of amides is 1. The highest BCUT2D eigenvalue weighted by molar-refractivity contribution is 6.00. The van der Waals surface area contributed by atoms with Gasteiger partial charge in [-0.1, -0.05) is 18.2 Å². The summed E-state index contributed by atoms with van der Waals surface area (Å²) in [5.41, 5.74) is 2.33. The molecule has 0 radical (unpaired) electrons. The standard InChI is InChI=1S/C22H19N5O2/c1-15-7-8-18(11-16(15)2)29-10-9-26-22(28)19-5-3-4-6-20(19)27-21(14-25)17(12-23)13-24/h3-8,11,27H,9-10H2,1-2H3,(H,26,28). The smallest absolute Gasteiger partial charge is 0.253 e.